The molecule has 22 heteroatoms. The number of hydrogen-bond acceptors (Lipinski definition) is 14. The van der Waals surface area contributed by atoms with E-state index in [0.717, 1.165) is 21.6 Å². The highest BCUT2D eigenvalue weighted by molar-refractivity contribution is 8.76. The van der Waals surface area contributed by atoms with Gasteiger partial charge in [0, 0.05) is 24.3 Å². The molecule has 14 N–H and O–H groups in total. The third kappa shape index (κ3) is 17.7. The summed E-state index contributed by atoms with van der Waals surface area (Å²) in [6.45, 7) is -1.92. The number of carboxylic acids is 4. The fourth-order valence-corrected chi connectivity index (χ4v) is 5.59. The van der Waals surface area contributed by atoms with Crippen molar-refractivity contribution in [2.45, 2.75) is 74.8 Å². The molecule has 0 spiro atoms. The molecule has 2 unspecified atom stereocenters. The molecule has 0 aliphatic carbocycles. The van der Waals surface area contributed by atoms with E-state index in [1.165, 1.54) is 0 Å². The highest BCUT2D eigenvalue weighted by Crippen LogP contribution is 2.23. The van der Waals surface area contributed by atoms with Crippen molar-refractivity contribution in [1.82, 2.24) is 21.3 Å². The minimum Gasteiger partial charge on any atom is -0.480 e. The van der Waals surface area contributed by atoms with E-state index in [1.54, 1.807) is 0 Å². The maximum Gasteiger partial charge on any atom is 0.328 e. The van der Waals surface area contributed by atoms with Gasteiger partial charge < -0.3 is 63.4 Å². The Morgan fingerprint density at radius 3 is 1.11 bits per heavy atom. The van der Waals surface area contributed by atoms with Crippen molar-refractivity contribution in [3.63, 3.8) is 0 Å². The second kappa shape index (κ2) is 22.7. The summed E-state index contributed by atoms with van der Waals surface area (Å²) in [5.41, 5.74) is 10.8. The van der Waals surface area contributed by atoms with Crippen molar-refractivity contribution in [1.29, 1.82) is 0 Å². The Labute approximate surface area is 270 Å². The zero-order valence-electron chi connectivity index (χ0n) is 24.5. The van der Waals surface area contributed by atoms with Gasteiger partial charge in [0.05, 0.1) is 13.2 Å². The number of nitrogens with one attached hydrogen (secondary N) is 4. The Kier molecular flexibility index (Phi) is 20.9. The number of nitrogens with two attached hydrogens (primary N) is 2. The van der Waals surface area contributed by atoms with Crippen LogP contribution in [0.5, 0.6) is 0 Å². The predicted molar refractivity (Wildman–Crippen MR) is 161 cm³/mol. The van der Waals surface area contributed by atoms with Crippen molar-refractivity contribution >= 4 is 69.1 Å². The second-order valence-corrected chi connectivity index (χ2v) is 12.2. The molecule has 0 heterocycles. The van der Waals surface area contributed by atoms with Gasteiger partial charge in [-0.2, -0.15) is 0 Å². The van der Waals surface area contributed by atoms with E-state index in [1.807, 2.05) is 0 Å². The fourth-order valence-electron chi connectivity index (χ4n) is 3.26. The molecule has 6 atom stereocenters. The number of aliphatic hydroxyl groups excluding tert-OH is 2. The van der Waals surface area contributed by atoms with Crippen LogP contribution in [-0.2, 0) is 38.4 Å². The molecule has 20 nitrogen and oxygen atoms in total. The number of rotatable bonds is 25. The van der Waals surface area contributed by atoms with Crippen molar-refractivity contribution < 1.29 is 69.0 Å². The molecule has 0 bridgehead atoms. The van der Waals surface area contributed by atoms with Gasteiger partial charge in [-0.25, -0.2) is 9.59 Å². The first-order valence-corrected chi connectivity index (χ1v) is 16.1. The third-order valence-electron chi connectivity index (χ3n) is 5.92. The number of carbonyl (C=O) groups excluding carboxylic acids is 4. The maximum absolute atomic E-state index is 12.7. The molecule has 262 valence electrons. The molecular formula is C24H40N6O14S2. The lowest BCUT2D eigenvalue weighted by molar-refractivity contribution is -0.143. The lowest BCUT2D eigenvalue weighted by atomic mass is 10.1. The van der Waals surface area contributed by atoms with Crippen LogP contribution >= 0.6 is 21.6 Å². The van der Waals surface area contributed by atoms with E-state index in [4.69, 9.17) is 31.9 Å². The Morgan fingerprint density at radius 1 is 0.522 bits per heavy atom. The molecule has 0 aliphatic rings. The smallest absolute Gasteiger partial charge is 0.328 e. The number of hydrogen-bond donors (Lipinski definition) is 12. The maximum atomic E-state index is 12.7. The minimum atomic E-state index is -1.69. The van der Waals surface area contributed by atoms with E-state index < -0.39 is 97.0 Å². The zero-order chi connectivity index (χ0) is 35.4. The van der Waals surface area contributed by atoms with Crippen molar-refractivity contribution in [2.75, 3.05) is 24.7 Å². The van der Waals surface area contributed by atoms with E-state index in [9.17, 15) is 48.6 Å². The molecule has 4 amide bonds. The van der Waals surface area contributed by atoms with Crippen LogP contribution in [0, 0.1) is 0 Å². The monoisotopic (exact) mass is 700 g/mol. The molecule has 0 aliphatic heterocycles. The number of carboxylic acid groups (broad SMARTS) is 4. The SMILES string of the molecule is N[C@@H](CCCC(=O)NC(CSSCC(NC(=O)CCC[C@H](N)C(=O)O)C(=O)N[C@H](CO)C(=O)O)C(=O)N[C@H](CO)C(=O)O)C(=O)O. The first kappa shape index (κ1) is 42.3. The quantitative estimate of drug-likeness (QED) is 0.0316. The van der Waals surface area contributed by atoms with Gasteiger partial charge in [-0.05, 0) is 25.7 Å². The van der Waals surface area contributed by atoms with Crippen LogP contribution in [0.2, 0.25) is 0 Å². The van der Waals surface area contributed by atoms with Crippen LogP contribution in [0.15, 0.2) is 0 Å². The normalized spacial score (nSPS) is 14.8. The van der Waals surface area contributed by atoms with Gasteiger partial charge in [-0.15, -0.1) is 0 Å². The number of aliphatic hydroxyl groups is 2. The summed E-state index contributed by atoms with van der Waals surface area (Å²) in [7, 11) is 1.78. The molecule has 0 saturated carbocycles. The van der Waals surface area contributed by atoms with Gasteiger partial charge in [-0.3, -0.25) is 28.8 Å². The lowest BCUT2D eigenvalue weighted by Crippen LogP contribution is -2.54. The lowest BCUT2D eigenvalue weighted by Gasteiger charge is -2.22. The summed E-state index contributed by atoms with van der Waals surface area (Å²) >= 11 is 0. The summed E-state index contributed by atoms with van der Waals surface area (Å²) in [6, 6.07) is -8.57. The molecule has 0 saturated heterocycles. The van der Waals surface area contributed by atoms with Gasteiger partial charge in [0.1, 0.15) is 36.3 Å². The largest absolute Gasteiger partial charge is 0.480 e. The highest BCUT2D eigenvalue weighted by atomic mass is 33.1. The van der Waals surface area contributed by atoms with Crippen LogP contribution < -0.4 is 32.7 Å². The molecule has 0 radical (unpaired) electrons. The Balaban J connectivity index is 5.50. The van der Waals surface area contributed by atoms with Gasteiger partial charge in [0.25, 0.3) is 0 Å². The van der Waals surface area contributed by atoms with Gasteiger partial charge in [0.2, 0.25) is 23.6 Å². The van der Waals surface area contributed by atoms with Gasteiger partial charge in [-0.1, -0.05) is 21.6 Å². The van der Waals surface area contributed by atoms with E-state index >= 15 is 0 Å². The van der Waals surface area contributed by atoms with E-state index in [2.05, 4.69) is 21.3 Å². The third-order valence-corrected chi connectivity index (χ3v) is 8.34. The first-order chi connectivity index (χ1) is 21.5. The molecule has 0 fully saturated rings. The average molecular weight is 701 g/mol. The summed E-state index contributed by atoms with van der Waals surface area (Å²) in [6.07, 6.45) is -0.452. The van der Waals surface area contributed by atoms with Crippen molar-refractivity contribution in [3.05, 3.63) is 0 Å². The summed E-state index contributed by atoms with van der Waals surface area (Å²) in [5, 5.41) is 63.3. The predicted octanol–water partition coefficient (Wildman–Crippen LogP) is -4.37. The minimum absolute atomic E-state index is 0.0453. The van der Waals surface area contributed by atoms with Crippen molar-refractivity contribution in [3.8, 4) is 0 Å². The molecule has 46 heavy (non-hydrogen) atoms. The summed E-state index contributed by atoms with van der Waals surface area (Å²) < 4.78 is 0. The van der Waals surface area contributed by atoms with Crippen LogP contribution in [0.3, 0.4) is 0 Å². The number of amides is 4. The molecule has 0 rings (SSSR count). The van der Waals surface area contributed by atoms with E-state index in [0.29, 0.717) is 0 Å². The summed E-state index contributed by atoms with van der Waals surface area (Å²) in [5.74, 6) is -9.49. The Hall–Kier alpha value is -3.70. The molecule has 0 aromatic heterocycles. The zero-order valence-corrected chi connectivity index (χ0v) is 26.1. The number of aliphatic carboxylic acids is 4. The van der Waals surface area contributed by atoms with Crippen LogP contribution in [0.25, 0.3) is 0 Å². The van der Waals surface area contributed by atoms with Crippen LogP contribution in [0.1, 0.15) is 38.5 Å². The van der Waals surface area contributed by atoms with Crippen LogP contribution in [0.4, 0.5) is 0 Å². The molecule has 0 aromatic carbocycles. The molecule has 0 aromatic rings. The number of carbonyl (C=O) groups is 8. The van der Waals surface area contributed by atoms with Crippen molar-refractivity contribution in [2.24, 2.45) is 11.5 Å². The van der Waals surface area contributed by atoms with E-state index in [-0.39, 0.29) is 50.0 Å². The topological polar surface area (TPSA) is 358 Å². The Morgan fingerprint density at radius 2 is 0.848 bits per heavy atom. The second-order valence-electron chi connectivity index (χ2n) is 9.65. The van der Waals surface area contributed by atoms with Gasteiger partial charge >= 0.3 is 23.9 Å². The van der Waals surface area contributed by atoms with Crippen LogP contribution in [-0.4, -0.2) is 139 Å². The first-order valence-electron chi connectivity index (χ1n) is 13.6. The fraction of sp³-hybridized carbons (Fsp3) is 0.667. The average Bonchev–Trinajstić information content (AvgIpc) is 2.98. The highest BCUT2D eigenvalue weighted by Gasteiger charge is 2.29. The molecular weight excluding hydrogens is 660 g/mol. The standard InChI is InChI=1S/C24H40N6O14S2/c25-11(21(37)38)3-1-5-17(33)27-15(19(35)29-13(7-31)23(41)42)9-45-46-10-16(20(36)30-14(8-32)24(43)44)28-18(34)6-2-4-12(26)22(39)40/h11-16,31-32H,1-10,25-26H2,(H,27,33)(H,28,34)(H,29,35)(H,30,36)(H,37,38)(H,39,40)(H,41,42)(H,43,44)/t11-,12-,13+,14+,15?,16?/m0/s1. The Bertz CT molecular complexity index is 1000. The summed E-state index contributed by atoms with van der Waals surface area (Å²) in [4.78, 5) is 94.5. The van der Waals surface area contributed by atoms with Gasteiger partial charge in [0.15, 0.2) is 0 Å².